The van der Waals surface area contributed by atoms with Crippen molar-refractivity contribution >= 4 is 17.7 Å². The normalized spacial score (nSPS) is 10.7. The molecule has 0 aliphatic rings. The maximum Gasteiger partial charge on any atom is 0.266 e. The number of unbranched alkanes of at least 4 members (excludes halogenated alkanes) is 1. The molecule has 1 amide bonds. The van der Waals surface area contributed by atoms with Crippen LogP contribution in [-0.4, -0.2) is 19.6 Å². The summed E-state index contributed by atoms with van der Waals surface area (Å²) in [6.07, 6.45) is 3.53. The van der Waals surface area contributed by atoms with Crippen LogP contribution in [0.4, 0.5) is 5.69 Å². The van der Waals surface area contributed by atoms with Crippen LogP contribution in [0.3, 0.4) is 0 Å². The Balaban J connectivity index is 2.17. The van der Waals surface area contributed by atoms with Gasteiger partial charge in [-0.1, -0.05) is 37.6 Å². The van der Waals surface area contributed by atoms with Gasteiger partial charge in [0.05, 0.1) is 13.7 Å². The molecule has 2 rings (SSSR count). The summed E-state index contributed by atoms with van der Waals surface area (Å²) in [7, 11) is 1.56. The third kappa shape index (κ3) is 5.38. The summed E-state index contributed by atoms with van der Waals surface area (Å²) in [6, 6.07) is 16.3. The van der Waals surface area contributed by atoms with Crippen molar-refractivity contribution in [1.29, 1.82) is 5.26 Å². The lowest BCUT2D eigenvalue weighted by Gasteiger charge is -2.11. The summed E-state index contributed by atoms with van der Waals surface area (Å²) in [5.41, 5.74) is 1.33. The molecule has 0 atom stereocenters. The van der Waals surface area contributed by atoms with Crippen LogP contribution in [0.1, 0.15) is 25.3 Å². The highest BCUT2D eigenvalue weighted by atomic mass is 16.5. The molecule has 2 aromatic carbocycles. The molecular weight excluding hydrogens is 328 g/mol. The number of amides is 1. The Morgan fingerprint density at radius 1 is 1.19 bits per heavy atom. The van der Waals surface area contributed by atoms with Crippen molar-refractivity contribution in [2.24, 2.45) is 0 Å². The third-order valence-corrected chi connectivity index (χ3v) is 3.65. The molecule has 26 heavy (non-hydrogen) atoms. The van der Waals surface area contributed by atoms with Crippen molar-refractivity contribution < 1.29 is 14.3 Å². The van der Waals surface area contributed by atoms with Gasteiger partial charge in [0.15, 0.2) is 11.5 Å². The van der Waals surface area contributed by atoms with Crippen LogP contribution in [0.5, 0.6) is 11.5 Å². The molecule has 0 aromatic heterocycles. The van der Waals surface area contributed by atoms with E-state index >= 15 is 0 Å². The number of nitrogens with zero attached hydrogens (tertiary/aromatic N) is 1. The first-order chi connectivity index (χ1) is 12.7. The van der Waals surface area contributed by atoms with Crippen molar-refractivity contribution in [2.75, 3.05) is 19.0 Å². The van der Waals surface area contributed by atoms with Crippen LogP contribution in [0.15, 0.2) is 54.1 Å². The zero-order valence-electron chi connectivity index (χ0n) is 15.0. The maximum absolute atomic E-state index is 12.3. The standard InChI is InChI=1S/C21H22N2O3/c1-3-4-12-26-19-11-10-16(14-20(19)25-2)13-17(15-22)21(24)23-18-8-6-5-7-9-18/h5-11,13-14H,3-4,12H2,1-2H3,(H,23,24). The topological polar surface area (TPSA) is 71.3 Å². The van der Waals surface area contributed by atoms with Gasteiger partial charge >= 0.3 is 0 Å². The lowest BCUT2D eigenvalue weighted by molar-refractivity contribution is -0.112. The summed E-state index contributed by atoms with van der Waals surface area (Å²) in [4.78, 5) is 12.3. The van der Waals surface area contributed by atoms with Crippen LogP contribution in [0.25, 0.3) is 6.08 Å². The number of hydrogen-bond donors (Lipinski definition) is 1. The molecule has 0 unspecified atom stereocenters. The summed E-state index contributed by atoms with van der Waals surface area (Å²) < 4.78 is 11.0. The number of rotatable bonds is 8. The second-order valence-corrected chi connectivity index (χ2v) is 5.60. The molecule has 5 heteroatoms. The van der Waals surface area contributed by atoms with E-state index in [1.165, 1.54) is 6.08 Å². The molecule has 0 saturated carbocycles. The molecule has 134 valence electrons. The third-order valence-electron chi connectivity index (χ3n) is 3.65. The van der Waals surface area contributed by atoms with E-state index in [1.54, 1.807) is 37.4 Å². The number of carbonyl (C=O) groups excluding carboxylic acids is 1. The van der Waals surface area contributed by atoms with Gasteiger partial charge in [-0.05, 0) is 42.3 Å². The quantitative estimate of drug-likeness (QED) is 0.434. The first-order valence-corrected chi connectivity index (χ1v) is 8.47. The van der Waals surface area contributed by atoms with Gasteiger partial charge in [0.25, 0.3) is 5.91 Å². The SMILES string of the molecule is CCCCOc1ccc(C=C(C#N)C(=O)Nc2ccccc2)cc1OC. The lowest BCUT2D eigenvalue weighted by atomic mass is 10.1. The van der Waals surface area contributed by atoms with Crippen LogP contribution < -0.4 is 14.8 Å². The minimum atomic E-state index is -0.457. The molecule has 0 spiro atoms. The highest BCUT2D eigenvalue weighted by Crippen LogP contribution is 2.29. The number of nitrogens with one attached hydrogen (secondary N) is 1. The number of nitriles is 1. The van der Waals surface area contributed by atoms with E-state index in [0.717, 1.165) is 12.8 Å². The van der Waals surface area contributed by atoms with Crippen molar-refractivity contribution in [3.63, 3.8) is 0 Å². The van der Waals surface area contributed by atoms with Gasteiger partial charge in [-0.25, -0.2) is 0 Å². The van der Waals surface area contributed by atoms with E-state index in [9.17, 15) is 10.1 Å². The molecular formula is C21H22N2O3. The van der Waals surface area contributed by atoms with E-state index < -0.39 is 5.91 Å². The van der Waals surface area contributed by atoms with Crippen LogP contribution in [0, 0.1) is 11.3 Å². The monoisotopic (exact) mass is 350 g/mol. The van der Waals surface area contributed by atoms with Gasteiger partial charge in [-0.15, -0.1) is 0 Å². The molecule has 2 aromatic rings. The first-order valence-electron chi connectivity index (χ1n) is 8.47. The summed E-state index contributed by atoms with van der Waals surface area (Å²) in [5, 5.41) is 12.0. The van der Waals surface area contributed by atoms with Gasteiger partial charge in [-0.2, -0.15) is 5.26 Å². The second kappa shape index (κ2) is 9.90. The van der Waals surface area contributed by atoms with E-state index in [1.807, 2.05) is 24.3 Å². The van der Waals surface area contributed by atoms with Crippen LogP contribution >= 0.6 is 0 Å². The van der Waals surface area contributed by atoms with Crippen molar-refractivity contribution in [3.05, 3.63) is 59.7 Å². The van der Waals surface area contributed by atoms with E-state index in [2.05, 4.69) is 12.2 Å². The average Bonchev–Trinajstić information content (AvgIpc) is 2.67. The van der Waals surface area contributed by atoms with Gasteiger partial charge in [0, 0.05) is 5.69 Å². The molecule has 0 radical (unpaired) electrons. The fraction of sp³-hybridized carbons (Fsp3) is 0.238. The van der Waals surface area contributed by atoms with Crippen molar-refractivity contribution in [2.45, 2.75) is 19.8 Å². The Hall–Kier alpha value is -3.26. The molecule has 0 bridgehead atoms. The first kappa shape index (κ1) is 19.1. The van der Waals surface area contributed by atoms with Crippen LogP contribution in [-0.2, 0) is 4.79 Å². The molecule has 0 fully saturated rings. The zero-order valence-corrected chi connectivity index (χ0v) is 15.0. The summed E-state index contributed by atoms with van der Waals surface area (Å²) in [5.74, 6) is 0.752. The Morgan fingerprint density at radius 3 is 2.62 bits per heavy atom. The van der Waals surface area contributed by atoms with Gasteiger partial charge in [0.2, 0.25) is 0 Å². The molecule has 0 aliphatic heterocycles. The number of para-hydroxylation sites is 1. The fourth-order valence-corrected chi connectivity index (χ4v) is 2.25. The van der Waals surface area contributed by atoms with E-state index in [0.29, 0.717) is 29.4 Å². The smallest absolute Gasteiger partial charge is 0.266 e. The molecule has 5 nitrogen and oxygen atoms in total. The molecule has 0 aliphatic carbocycles. The van der Waals surface area contributed by atoms with E-state index in [-0.39, 0.29) is 5.57 Å². The molecule has 1 N–H and O–H groups in total. The van der Waals surface area contributed by atoms with Crippen molar-refractivity contribution in [3.8, 4) is 17.6 Å². The number of ether oxygens (including phenoxy) is 2. The van der Waals surface area contributed by atoms with Crippen LogP contribution in [0.2, 0.25) is 0 Å². The predicted molar refractivity (Wildman–Crippen MR) is 102 cm³/mol. The second-order valence-electron chi connectivity index (χ2n) is 5.60. The maximum atomic E-state index is 12.3. The number of benzene rings is 2. The number of methoxy groups -OCH3 is 1. The number of anilines is 1. The zero-order chi connectivity index (χ0) is 18.8. The minimum absolute atomic E-state index is 0.00978. The Labute approximate surface area is 153 Å². The Kier molecular flexibility index (Phi) is 7.26. The predicted octanol–water partition coefficient (Wildman–Crippen LogP) is 4.42. The Morgan fingerprint density at radius 2 is 1.96 bits per heavy atom. The highest BCUT2D eigenvalue weighted by molar-refractivity contribution is 6.09. The van der Waals surface area contributed by atoms with Gasteiger partial charge in [-0.3, -0.25) is 4.79 Å². The van der Waals surface area contributed by atoms with E-state index in [4.69, 9.17) is 9.47 Å². The molecule has 0 heterocycles. The Bertz CT molecular complexity index is 808. The average molecular weight is 350 g/mol. The minimum Gasteiger partial charge on any atom is -0.493 e. The van der Waals surface area contributed by atoms with Gasteiger partial charge < -0.3 is 14.8 Å². The summed E-state index contributed by atoms with van der Waals surface area (Å²) in [6.45, 7) is 2.71. The largest absolute Gasteiger partial charge is 0.493 e. The number of hydrogen-bond acceptors (Lipinski definition) is 4. The summed E-state index contributed by atoms with van der Waals surface area (Å²) >= 11 is 0. The fourth-order valence-electron chi connectivity index (χ4n) is 2.25. The van der Waals surface area contributed by atoms with Gasteiger partial charge in [0.1, 0.15) is 11.6 Å². The lowest BCUT2D eigenvalue weighted by Crippen LogP contribution is -2.13. The highest BCUT2D eigenvalue weighted by Gasteiger charge is 2.11. The molecule has 0 saturated heterocycles. The van der Waals surface area contributed by atoms with Crippen molar-refractivity contribution in [1.82, 2.24) is 0 Å². The number of carbonyl (C=O) groups is 1.